The lowest BCUT2D eigenvalue weighted by Crippen LogP contribution is -2.55. The highest BCUT2D eigenvalue weighted by Crippen LogP contribution is 2.23. The van der Waals surface area contributed by atoms with E-state index in [9.17, 15) is 4.79 Å². The molecule has 76 valence electrons. The van der Waals surface area contributed by atoms with Gasteiger partial charge in [0.1, 0.15) is 17.9 Å². The molecule has 0 saturated carbocycles. The topological polar surface area (TPSA) is 95.9 Å². The molecule has 0 spiro atoms. The highest BCUT2D eigenvalue weighted by Gasteiger charge is 2.33. The molecule has 1 saturated heterocycles. The minimum atomic E-state index is -0.370. The van der Waals surface area contributed by atoms with Crippen LogP contribution < -0.4 is 10.6 Å². The van der Waals surface area contributed by atoms with Crippen molar-refractivity contribution in [1.82, 2.24) is 9.97 Å². The van der Waals surface area contributed by atoms with Gasteiger partial charge in [-0.2, -0.15) is 5.26 Å². The molecule has 1 aromatic rings. The lowest BCUT2D eigenvalue weighted by Gasteiger charge is -2.39. The Kier molecular flexibility index (Phi) is 2.21. The van der Waals surface area contributed by atoms with E-state index in [-0.39, 0.29) is 17.6 Å². The fraction of sp³-hybridized carbons (Fsp3) is 0.333. The summed E-state index contributed by atoms with van der Waals surface area (Å²) in [5.41, 5.74) is 5.44. The summed E-state index contributed by atoms with van der Waals surface area (Å²) in [6.07, 6.45) is 3.63. The average Bonchev–Trinajstić information content (AvgIpc) is 2.15. The van der Waals surface area contributed by atoms with Crippen LogP contribution in [0.1, 0.15) is 12.1 Å². The van der Waals surface area contributed by atoms with Crippen molar-refractivity contribution in [2.75, 3.05) is 11.4 Å². The van der Waals surface area contributed by atoms with E-state index >= 15 is 0 Å². The van der Waals surface area contributed by atoms with Gasteiger partial charge in [-0.25, -0.2) is 4.98 Å². The van der Waals surface area contributed by atoms with Crippen LogP contribution in [0.15, 0.2) is 12.4 Å². The monoisotopic (exact) mass is 203 g/mol. The largest absolute Gasteiger partial charge is 0.368 e. The zero-order valence-electron chi connectivity index (χ0n) is 7.92. The molecule has 6 nitrogen and oxygen atoms in total. The molecule has 0 aliphatic carbocycles. The van der Waals surface area contributed by atoms with Crippen molar-refractivity contribution in [3.8, 4) is 6.07 Å². The molecule has 0 radical (unpaired) electrons. The average molecular weight is 203 g/mol. The second kappa shape index (κ2) is 3.53. The number of rotatable bonds is 2. The standard InChI is InChI=1S/C9H9N5O/c10-3-6-4-12-5-8(13-6)14-2-1-7(14)9(11)15/h4-5,7H,1-2H2,(H2,11,15). The number of nitrogens with two attached hydrogens (primary N) is 1. The quantitative estimate of drug-likeness (QED) is 0.693. The summed E-state index contributed by atoms with van der Waals surface area (Å²) < 4.78 is 0. The van der Waals surface area contributed by atoms with Crippen LogP contribution in [0.4, 0.5) is 5.82 Å². The predicted molar refractivity (Wildman–Crippen MR) is 51.7 cm³/mol. The van der Waals surface area contributed by atoms with Gasteiger partial charge in [0.05, 0.1) is 12.4 Å². The Labute approximate surface area is 86.3 Å². The third-order valence-electron chi connectivity index (χ3n) is 2.38. The van der Waals surface area contributed by atoms with E-state index in [2.05, 4.69) is 9.97 Å². The van der Waals surface area contributed by atoms with E-state index in [1.807, 2.05) is 6.07 Å². The molecule has 1 amide bonds. The summed E-state index contributed by atoms with van der Waals surface area (Å²) in [6.45, 7) is 0.719. The molecule has 1 aliphatic heterocycles. The summed E-state index contributed by atoms with van der Waals surface area (Å²) in [5.74, 6) is 0.162. The van der Waals surface area contributed by atoms with Crippen LogP contribution >= 0.6 is 0 Å². The first-order valence-corrected chi connectivity index (χ1v) is 4.50. The Morgan fingerprint density at radius 2 is 2.47 bits per heavy atom. The van der Waals surface area contributed by atoms with E-state index in [0.29, 0.717) is 5.82 Å². The Bertz CT molecular complexity index is 438. The van der Waals surface area contributed by atoms with Gasteiger partial charge >= 0.3 is 0 Å². The van der Waals surface area contributed by atoms with E-state index in [1.54, 1.807) is 4.90 Å². The zero-order valence-corrected chi connectivity index (χ0v) is 7.92. The Balaban J connectivity index is 2.23. The lowest BCUT2D eigenvalue weighted by molar-refractivity contribution is -0.120. The minimum absolute atomic E-state index is 0.239. The number of amides is 1. The van der Waals surface area contributed by atoms with Gasteiger partial charge in [-0.3, -0.25) is 9.78 Å². The predicted octanol–water partition coefficient (Wildman–Crippen LogP) is -0.588. The van der Waals surface area contributed by atoms with Crippen molar-refractivity contribution >= 4 is 11.7 Å². The number of primary amides is 1. The van der Waals surface area contributed by atoms with Gasteiger partial charge in [-0.15, -0.1) is 0 Å². The van der Waals surface area contributed by atoms with Crippen LogP contribution in [-0.4, -0.2) is 28.5 Å². The van der Waals surface area contributed by atoms with Crippen LogP contribution in [0.25, 0.3) is 0 Å². The molecule has 0 bridgehead atoms. The maximum absolute atomic E-state index is 11.0. The van der Waals surface area contributed by atoms with Crippen LogP contribution in [0.5, 0.6) is 0 Å². The van der Waals surface area contributed by atoms with E-state index in [0.717, 1.165) is 13.0 Å². The number of hydrogen-bond acceptors (Lipinski definition) is 5. The number of aromatic nitrogens is 2. The van der Waals surface area contributed by atoms with Crippen molar-refractivity contribution in [3.05, 3.63) is 18.1 Å². The van der Waals surface area contributed by atoms with Crippen molar-refractivity contribution in [2.45, 2.75) is 12.5 Å². The molecule has 6 heteroatoms. The number of nitrogens with zero attached hydrogens (tertiary/aromatic N) is 4. The number of nitriles is 1. The first kappa shape index (κ1) is 9.40. The van der Waals surface area contributed by atoms with Gasteiger partial charge in [0, 0.05) is 6.54 Å². The number of anilines is 1. The van der Waals surface area contributed by atoms with Gasteiger partial charge in [-0.05, 0) is 6.42 Å². The molecule has 15 heavy (non-hydrogen) atoms. The second-order valence-corrected chi connectivity index (χ2v) is 3.27. The van der Waals surface area contributed by atoms with Crippen LogP contribution in [0, 0.1) is 11.3 Å². The highest BCUT2D eigenvalue weighted by atomic mass is 16.1. The third-order valence-corrected chi connectivity index (χ3v) is 2.38. The molecular weight excluding hydrogens is 194 g/mol. The molecule has 1 aliphatic rings. The summed E-state index contributed by atoms with van der Waals surface area (Å²) in [5, 5.41) is 8.65. The van der Waals surface area contributed by atoms with Crippen molar-refractivity contribution in [1.29, 1.82) is 5.26 Å². The number of carbonyl (C=O) groups excluding carboxylic acids is 1. The molecule has 1 aromatic heterocycles. The van der Waals surface area contributed by atoms with Gasteiger partial charge in [0.15, 0.2) is 5.69 Å². The molecule has 0 aromatic carbocycles. The summed E-state index contributed by atoms with van der Waals surface area (Å²) in [4.78, 5) is 20.6. The van der Waals surface area contributed by atoms with Crippen LogP contribution in [0.3, 0.4) is 0 Å². The van der Waals surface area contributed by atoms with Crippen molar-refractivity contribution in [2.24, 2.45) is 5.73 Å². The zero-order chi connectivity index (χ0) is 10.8. The Morgan fingerprint density at radius 1 is 1.67 bits per heavy atom. The molecular formula is C9H9N5O. The normalized spacial score (nSPS) is 19.1. The fourth-order valence-corrected chi connectivity index (χ4v) is 1.51. The van der Waals surface area contributed by atoms with Gasteiger partial charge in [0.2, 0.25) is 5.91 Å². The minimum Gasteiger partial charge on any atom is -0.368 e. The third kappa shape index (κ3) is 1.59. The second-order valence-electron chi connectivity index (χ2n) is 3.27. The van der Waals surface area contributed by atoms with Crippen LogP contribution in [0.2, 0.25) is 0 Å². The molecule has 2 rings (SSSR count). The highest BCUT2D eigenvalue weighted by molar-refractivity contribution is 5.85. The molecule has 1 unspecified atom stereocenters. The van der Waals surface area contributed by atoms with Gasteiger partial charge in [0.25, 0.3) is 0 Å². The molecule has 1 fully saturated rings. The smallest absolute Gasteiger partial charge is 0.240 e. The number of hydrogen-bond donors (Lipinski definition) is 1. The van der Waals surface area contributed by atoms with E-state index in [1.165, 1.54) is 12.4 Å². The SMILES string of the molecule is N#Cc1cncc(N2CCC2C(N)=O)n1. The summed E-state index contributed by atoms with van der Waals surface area (Å²) in [7, 11) is 0. The molecule has 2 heterocycles. The maximum Gasteiger partial charge on any atom is 0.240 e. The van der Waals surface area contributed by atoms with E-state index < -0.39 is 0 Å². The lowest BCUT2D eigenvalue weighted by atomic mass is 10.0. The fourth-order valence-electron chi connectivity index (χ4n) is 1.51. The Morgan fingerprint density at radius 3 is 3.00 bits per heavy atom. The molecule has 1 atom stereocenters. The summed E-state index contributed by atoms with van der Waals surface area (Å²) >= 11 is 0. The van der Waals surface area contributed by atoms with E-state index in [4.69, 9.17) is 11.0 Å². The van der Waals surface area contributed by atoms with Crippen molar-refractivity contribution < 1.29 is 4.79 Å². The first-order chi connectivity index (χ1) is 7.22. The van der Waals surface area contributed by atoms with Crippen LogP contribution in [-0.2, 0) is 4.79 Å². The van der Waals surface area contributed by atoms with Gasteiger partial charge < -0.3 is 10.6 Å². The Hall–Kier alpha value is -2.16. The summed E-state index contributed by atoms with van der Waals surface area (Å²) in [6, 6.07) is 1.59. The van der Waals surface area contributed by atoms with Crippen molar-refractivity contribution in [3.63, 3.8) is 0 Å². The molecule has 2 N–H and O–H groups in total. The number of carbonyl (C=O) groups is 1. The first-order valence-electron chi connectivity index (χ1n) is 4.50. The van der Waals surface area contributed by atoms with Gasteiger partial charge in [-0.1, -0.05) is 0 Å². The maximum atomic E-state index is 11.0.